The molecule has 5 nitrogen and oxygen atoms in total. The summed E-state index contributed by atoms with van der Waals surface area (Å²) in [6.45, 7) is 5.62. The van der Waals surface area contributed by atoms with E-state index >= 15 is 0 Å². The number of carbonyl (C=O) groups is 2. The monoisotopic (exact) mass is 411 g/mol. The molecule has 1 aliphatic rings. The average molecular weight is 412 g/mol. The fourth-order valence-electron chi connectivity index (χ4n) is 2.86. The zero-order valence-electron chi connectivity index (χ0n) is 15.0. The molecule has 1 aromatic carbocycles. The Labute approximate surface area is 157 Å². The molecule has 1 amide bonds. The van der Waals surface area contributed by atoms with Gasteiger partial charge in [0.05, 0.1) is 6.04 Å². The van der Waals surface area contributed by atoms with Gasteiger partial charge in [-0.2, -0.15) is 0 Å². The van der Waals surface area contributed by atoms with E-state index in [1.807, 2.05) is 51.1 Å². The molecule has 25 heavy (non-hydrogen) atoms. The van der Waals surface area contributed by atoms with Crippen LogP contribution in [0.3, 0.4) is 0 Å². The molecule has 0 N–H and O–H groups in total. The lowest BCUT2D eigenvalue weighted by Gasteiger charge is -2.41. The number of nitrogens with zero attached hydrogens (tertiary/aromatic N) is 1. The molecule has 0 saturated carbocycles. The van der Waals surface area contributed by atoms with Crippen molar-refractivity contribution in [3.8, 4) is 0 Å². The molecule has 138 valence electrons. The molecule has 1 heterocycles. The van der Waals surface area contributed by atoms with Crippen molar-refractivity contribution in [3.63, 3.8) is 0 Å². The Morgan fingerprint density at radius 2 is 1.96 bits per heavy atom. The third kappa shape index (κ3) is 5.46. The lowest BCUT2D eigenvalue weighted by molar-refractivity contribution is -0.162. The van der Waals surface area contributed by atoms with Crippen LogP contribution in [0.15, 0.2) is 30.3 Å². The molecule has 6 heteroatoms. The second-order valence-electron chi connectivity index (χ2n) is 7.14. The van der Waals surface area contributed by atoms with Gasteiger partial charge < -0.3 is 9.47 Å². The van der Waals surface area contributed by atoms with Crippen LogP contribution in [0.1, 0.15) is 51.6 Å². The Kier molecular flexibility index (Phi) is 6.87. The molecule has 0 spiro atoms. The van der Waals surface area contributed by atoms with E-state index in [1.54, 1.807) is 4.90 Å². The van der Waals surface area contributed by atoms with Gasteiger partial charge in [0, 0.05) is 5.33 Å². The van der Waals surface area contributed by atoms with E-state index in [-0.39, 0.29) is 18.6 Å². The van der Waals surface area contributed by atoms with Gasteiger partial charge in [0.15, 0.2) is 0 Å². The number of carbonyl (C=O) groups excluding carboxylic acids is 2. The fraction of sp³-hybridized carbons (Fsp3) is 0.579. The first-order valence-corrected chi connectivity index (χ1v) is 9.74. The van der Waals surface area contributed by atoms with Gasteiger partial charge in [-0.15, -0.1) is 0 Å². The maximum Gasteiger partial charge on any atom is 0.411 e. The van der Waals surface area contributed by atoms with Crippen LogP contribution in [-0.4, -0.2) is 40.5 Å². The number of hydrogen-bond acceptors (Lipinski definition) is 4. The van der Waals surface area contributed by atoms with E-state index in [1.165, 1.54) is 0 Å². The Morgan fingerprint density at radius 1 is 1.28 bits per heavy atom. The van der Waals surface area contributed by atoms with E-state index in [2.05, 4.69) is 15.9 Å². The Bertz CT molecular complexity index is 585. The normalized spacial score (nSPS) is 21.0. The summed E-state index contributed by atoms with van der Waals surface area (Å²) in [5.41, 5.74) is 0.312. The average Bonchev–Trinajstić information content (AvgIpc) is 2.55. The van der Waals surface area contributed by atoms with Crippen molar-refractivity contribution in [3.05, 3.63) is 35.9 Å². The smallest absolute Gasteiger partial charge is 0.411 e. The van der Waals surface area contributed by atoms with E-state index in [4.69, 9.17) is 9.47 Å². The Morgan fingerprint density at radius 3 is 2.56 bits per heavy atom. The lowest BCUT2D eigenvalue weighted by atomic mass is 9.99. The molecule has 0 radical (unpaired) electrons. The molecule has 2 atom stereocenters. The van der Waals surface area contributed by atoms with Gasteiger partial charge in [0.1, 0.15) is 18.2 Å². The highest BCUT2D eigenvalue weighted by molar-refractivity contribution is 9.09. The summed E-state index contributed by atoms with van der Waals surface area (Å²) in [5.74, 6) is -0.354. The summed E-state index contributed by atoms with van der Waals surface area (Å²) in [5, 5.41) is 0.864. The van der Waals surface area contributed by atoms with Crippen molar-refractivity contribution in [2.45, 2.75) is 57.7 Å². The first-order chi connectivity index (χ1) is 11.8. The topological polar surface area (TPSA) is 55.8 Å². The maximum absolute atomic E-state index is 12.9. The molecule has 2 rings (SSSR count). The molecule has 0 aliphatic carbocycles. The van der Waals surface area contributed by atoms with E-state index in [0.29, 0.717) is 6.42 Å². The van der Waals surface area contributed by atoms with Crippen molar-refractivity contribution in [1.82, 2.24) is 4.90 Å². The van der Waals surface area contributed by atoms with Gasteiger partial charge in [-0.05, 0) is 45.6 Å². The van der Waals surface area contributed by atoms with Crippen molar-refractivity contribution < 1.29 is 19.1 Å². The zero-order chi connectivity index (χ0) is 18.4. The van der Waals surface area contributed by atoms with Crippen LogP contribution in [0, 0.1) is 0 Å². The molecular formula is C19H26BrNO4. The first-order valence-electron chi connectivity index (χ1n) is 8.62. The van der Waals surface area contributed by atoms with Crippen LogP contribution < -0.4 is 0 Å². The number of rotatable bonds is 5. The third-order valence-corrected chi connectivity index (χ3v) is 4.54. The van der Waals surface area contributed by atoms with Gasteiger partial charge in [-0.3, -0.25) is 4.90 Å². The number of ether oxygens (including phenoxy) is 2. The van der Waals surface area contributed by atoms with Crippen LogP contribution >= 0.6 is 15.9 Å². The Hall–Kier alpha value is -1.56. The number of halogens is 1. The minimum absolute atomic E-state index is 0.150. The van der Waals surface area contributed by atoms with Crippen molar-refractivity contribution >= 4 is 28.0 Å². The number of cyclic esters (lactones) is 1. The number of morpholine rings is 1. The highest BCUT2D eigenvalue weighted by Crippen LogP contribution is 2.31. The maximum atomic E-state index is 12.9. The third-order valence-electron chi connectivity index (χ3n) is 3.98. The standard InChI is InChI=1S/C19H26BrNO4/c1-19(2,3)25-18(23)21-15(11-7-8-12-20)17(22)24-13-16(21)14-9-5-4-6-10-14/h4-6,9-10,15-16H,7-8,11-13H2,1-3H3/t15-,16+/m1/s1. The minimum atomic E-state index is -0.625. The predicted octanol–water partition coefficient (Wildman–Crippen LogP) is 4.46. The zero-order valence-corrected chi connectivity index (χ0v) is 16.6. The SMILES string of the molecule is CC(C)(C)OC(=O)N1[C@H](CCCCBr)C(=O)OC[C@H]1c1ccccc1. The van der Waals surface area contributed by atoms with Gasteiger partial charge in [-0.25, -0.2) is 9.59 Å². The predicted molar refractivity (Wildman–Crippen MR) is 99.6 cm³/mol. The number of amides is 1. The van der Waals surface area contributed by atoms with Crippen LogP contribution in [0.25, 0.3) is 0 Å². The fourth-order valence-corrected chi connectivity index (χ4v) is 3.26. The number of alkyl halides is 1. The summed E-state index contributed by atoms with van der Waals surface area (Å²) >= 11 is 3.40. The molecule has 1 aromatic rings. The summed E-state index contributed by atoms with van der Waals surface area (Å²) in [4.78, 5) is 26.8. The summed E-state index contributed by atoms with van der Waals surface area (Å²) in [6.07, 6.45) is 1.85. The lowest BCUT2D eigenvalue weighted by Crippen LogP contribution is -2.54. The number of benzene rings is 1. The molecule has 0 bridgehead atoms. The van der Waals surface area contributed by atoms with E-state index in [9.17, 15) is 9.59 Å². The second kappa shape index (κ2) is 8.70. The van der Waals surface area contributed by atoms with Crippen LogP contribution in [0.4, 0.5) is 4.79 Å². The highest BCUT2D eigenvalue weighted by Gasteiger charge is 2.43. The number of esters is 1. The van der Waals surface area contributed by atoms with Crippen molar-refractivity contribution in [2.24, 2.45) is 0 Å². The van der Waals surface area contributed by atoms with E-state index < -0.39 is 17.7 Å². The molecular weight excluding hydrogens is 386 g/mol. The van der Waals surface area contributed by atoms with Gasteiger partial charge in [0.25, 0.3) is 0 Å². The molecule has 0 aromatic heterocycles. The highest BCUT2D eigenvalue weighted by atomic mass is 79.9. The number of unbranched alkanes of at least 4 members (excludes halogenated alkanes) is 1. The van der Waals surface area contributed by atoms with Crippen LogP contribution in [0.5, 0.6) is 0 Å². The molecule has 1 aliphatic heterocycles. The molecule has 0 unspecified atom stereocenters. The second-order valence-corrected chi connectivity index (χ2v) is 7.94. The quantitative estimate of drug-likeness (QED) is 0.407. The number of hydrogen-bond donors (Lipinski definition) is 0. The van der Waals surface area contributed by atoms with Crippen LogP contribution in [0.2, 0.25) is 0 Å². The summed E-state index contributed by atoms with van der Waals surface area (Å²) in [6, 6.07) is 8.69. The van der Waals surface area contributed by atoms with Crippen molar-refractivity contribution in [2.75, 3.05) is 11.9 Å². The molecule has 1 saturated heterocycles. The van der Waals surface area contributed by atoms with Crippen LogP contribution in [-0.2, 0) is 14.3 Å². The first kappa shape index (κ1) is 19.8. The van der Waals surface area contributed by atoms with Gasteiger partial charge in [0.2, 0.25) is 0 Å². The largest absolute Gasteiger partial charge is 0.462 e. The minimum Gasteiger partial charge on any atom is -0.462 e. The molecule has 1 fully saturated rings. The summed E-state index contributed by atoms with van der Waals surface area (Å²) in [7, 11) is 0. The summed E-state index contributed by atoms with van der Waals surface area (Å²) < 4.78 is 11.0. The van der Waals surface area contributed by atoms with Gasteiger partial charge in [-0.1, -0.05) is 46.3 Å². The van der Waals surface area contributed by atoms with Gasteiger partial charge >= 0.3 is 12.1 Å². The van der Waals surface area contributed by atoms with E-state index in [0.717, 1.165) is 23.7 Å². The Balaban J connectivity index is 2.30. The van der Waals surface area contributed by atoms with Crippen molar-refractivity contribution in [1.29, 1.82) is 0 Å².